The third-order valence-corrected chi connectivity index (χ3v) is 11.5. The van der Waals surface area contributed by atoms with E-state index in [0.717, 1.165) is 45.8 Å². The number of ether oxygens (including phenoxy) is 1. The van der Waals surface area contributed by atoms with Crippen molar-refractivity contribution in [2.45, 2.75) is 77.0 Å². The first-order valence-electron chi connectivity index (χ1n) is 21.2. The first-order valence-corrected chi connectivity index (χ1v) is 22.4. The third-order valence-electron chi connectivity index (χ3n) is 10.9. The van der Waals surface area contributed by atoms with Crippen molar-refractivity contribution in [3.8, 4) is 6.19 Å². The lowest BCUT2D eigenvalue weighted by atomic mass is 9.88. The Morgan fingerprint density at radius 3 is 2.38 bits per heavy atom. The number of unbranched alkanes of at least 4 members (excludes halogenated alkanes) is 1. The molecule has 4 atom stereocenters. The molecule has 320 valence electrons. The number of nitrogens with zero attached hydrogens (tertiary/aromatic N) is 3. The summed E-state index contributed by atoms with van der Waals surface area (Å²) in [5.74, 6) is -1.33. The standard InChI is InChI=1S/C47H61N7O5S/c1-33(2)27-42(43(55)31-44(56)49-21-22-54-23-25-59-26-24-54)53-46(58)41(17-8-9-20-50-47(60-3)51-32-48)52-45(57)39(29-34-18-19-35-11-4-5-13-37(35)28-34)30-38-15-10-14-36-12-6-7-16-40(36)38/h4-7,10-16,18-19,28,33,39,41-43,55H,8-9,17,20-27,29-31H2,1-3H3,(H,49,56)(H,50,51)(H,52,57)(H,53,58). The molecule has 5 N–H and O–H groups in total. The first-order chi connectivity index (χ1) is 29.1. The van der Waals surface area contributed by atoms with Gasteiger partial charge in [-0.3, -0.25) is 29.6 Å². The summed E-state index contributed by atoms with van der Waals surface area (Å²) in [6, 6.07) is 27.1. The second-order valence-corrected chi connectivity index (χ2v) is 16.7. The Kier molecular flexibility index (Phi) is 18.7. The number of morpholine rings is 1. The Labute approximate surface area is 358 Å². The lowest BCUT2D eigenvalue weighted by Gasteiger charge is -2.29. The van der Waals surface area contributed by atoms with Crippen LogP contribution in [0.3, 0.4) is 0 Å². The first kappa shape index (κ1) is 46.1. The maximum absolute atomic E-state index is 14.6. The van der Waals surface area contributed by atoms with E-state index in [1.807, 2.05) is 56.6 Å². The SMILES string of the molecule is CSC(=NCCCCC(NC(=O)C(Cc1ccc2ccccc2c1)Cc1cccc2ccccc12)C(=O)NC(CC(C)C)C(O)CC(=O)NCCN1CCOCC1)NC#N. The molecule has 5 rings (SSSR count). The van der Waals surface area contributed by atoms with Crippen molar-refractivity contribution >= 4 is 56.2 Å². The summed E-state index contributed by atoms with van der Waals surface area (Å²) < 4.78 is 5.41. The molecule has 1 fully saturated rings. The van der Waals surface area contributed by atoms with Crippen LogP contribution < -0.4 is 21.3 Å². The Morgan fingerprint density at radius 1 is 0.900 bits per heavy atom. The number of nitrogens with one attached hydrogen (secondary N) is 4. The van der Waals surface area contributed by atoms with Gasteiger partial charge < -0.3 is 25.8 Å². The number of aliphatic hydroxyl groups excluding tert-OH is 1. The number of hydrogen-bond acceptors (Lipinski definition) is 9. The van der Waals surface area contributed by atoms with E-state index in [4.69, 9.17) is 10.00 Å². The monoisotopic (exact) mass is 835 g/mol. The number of nitriles is 1. The number of amidine groups is 1. The van der Waals surface area contributed by atoms with E-state index in [2.05, 4.69) is 85.8 Å². The second-order valence-electron chi connectivity index (χ2n) is 15.9. The minimum absolute atomic E-state index is 0.111. The van der Waals surface area contributed by atoms with E-state index < -0.39 is 30.0 Å². The van der Waals surface area contributed by atoms with Crippen LogP contribution in [-0.4, -0.2) is 103 Å². The van der Waals surface area contributed by atoms with E-state index in [0.29, 0.717) is 76.5 Å². The van der Waals surface area contributed by atoms with Gasteiger partial charge in [-0.15, -0.1) is 0 Å². The van der Waals surface area contributed by atoms with E-state index >= 15 is 0 Å². The summed E-state index contributed by atoms with van der Waals surface area (Å²) in [4.78, 5) is 48.6. The summed E-state index contributed by atoms with van der Waals surface area (Å²) in [6.07, 6.45) is 5.32. The number of carbonyl (C=O) groups excluding carboxylic acids is 3. The molecule has 4 aromatic carbocycles. The number of rotatable bonds is 21. The smallest absolute Gasteiger partial charge is 0.242 e. The minimum Gasteiger partial charge on any atom is -0.390 e. The predicted molar refractivity (Wildman–Crippen MR) is 241 cm³/mol. The molecule has 1 heterocycles. The Balaban J connectivity index is 1.34. The number of amides is 3. The van der Waals surface area contributed by atoms with E-state index in [1.54, 1.807) is 0 Å². The zero-order valence-corrected chi connectivity index (χ0v) is 36.0. The molecule has 12 nitrogen and oxygen atoms in total. The third kappa shape index (κ3) is 14.6. The van der Waals surface area contributed by atoms with Crippen LogP contribution in [0.25, 0.3) is 21.5 Å². The van der Waals surface area contributed by atoms with Crippen molar-refractivity contribution in [3.63, 3.8) is 0 Å². The van der Waals surface area contributed by atoms with Crippen molar-refractivity contribution in [3.05, 3.63) is 96.1 Å². The van der Waals surface area contributed by atoms with Gasteiger partial charge in [0.05, 0.1) is 31.8 Å². The van der Waals surface area contributed by atoms with Crippen LogP contribution >= 0.6 is 11.8 Å². The summed E-state index contributed by atoms with van der Waals surface area (Å²) in [6.45, 7) is 8.57. The number of thioether (sulfide) groups is 1. The Morgan fingerprint density at radius 2 is 1.63 bits per heavy atom. The normalized spacial score (nSPS) is 15.5. The maximum Gasteiger partial charge on any atom is 0.242 e. The quantitative estimate of drug-likeness (QED) is 0.0237. The van der Waals surface area contributed by atoms with Gasteiger partial charge in [0.15, 0.2) is 11.4 Å². The largest absolute Gasteiger partial charge is 0.390 e. The van der Waals surface area contributed by atoms with Crippen LogP contribution in [0.2, 0.25) is 0 Å². The number of benzene rings is 4. The number of hydrogen-bond donors (Lipinski definition) is 5. The molecule has 4 aromatic rings. The molecule has 0 aliphatic carbocycles. The van der Waals surface area contributed by atoms with E-state index in [1.165, 1.54) is 11.8 Å². The topological polar surface area (TPSA) is 168 Å². The maximum atomic E-state index is 14.6. The molecule has 0 bridgehead atoms. The van der Waals surface area contributed by atoms with Crippen molar-refractivity contribution in [2.75, 3.05) is 52.2 Å². The fraction of sp³-hybridized carbons (Fsp3) is 0.468. The summed E-state index contributed by atoms with van der Waals surface area (Å²) in [7, 11) is 0. The molecule has 0 spiro atoms. The summed E-state index contributed by atoms with van der Waals surface area (Å²) >= 11 is 1.34. The van der Waals surface area contributed by atoms with Crippen LogP contribution in [0.15, 0.2) is 89.9 Å². The molecular weight excluding hydrogens is 775 g/mol. The molecule has 0 aromatic heterocycles. The zero-order valence-electron chi connectivity index (χ0n) is 35.2. The van der Waals surface area contributed by atoms with Crippen LogP contribution in [0, 0.1) is 23.3 Å². The molecular formula is C47H61N7O5S. The van der Waals surface area contributed by atoms with Gasteiger partial charge in [-0.1, -0.05) is 111 Å². The fourth-order valence-corrected chi connectivity index (χ4v) is 8.10. The van der Waals surface area contributed by atoms with E-state index in [-0.39, 0.29) is 24.2 Å². The number of aliphatic imine (C=N–C) groups is 1. The Bertz CT molecular complexity index is 2080. The molecule has 4 unspecified atom stereocenters. The van der Waals surface area contributed by atoms with Gasteiger partial charge in [0, 0.05) is 38.6 Å². The minimum atomic E-state index is -1.13. The lowest BCUT2D eigenvalue weighted by molar-refractivity contribution is -0.132. The molecule has 60 heavy (non-hydrogen) atoms. The highest BCUT2D eigenvalue weighted by Crippen LogP contribution is 2.25. The molecule has 1 aliphatic heterocycles. The van der Waals surface area contributed by atoms with Gasteiger partial charge in [-0.25, -0.2) is 0 Å². The highest BCUT2D eigenvalue weighted by Gasteiger charge is 2.31. The van der Waals surface area contributed by atoms with E-state index in [9.17, 15) is 19.5 Å². The van der Waals surface area contributed by atoms with Crippen molar-refractivity contribution in [1.29, 1.82) is 5.26 Å². The van der Waals surface area contributed by atoms with Gasteiger partial charge in [0.2, 0.25) is 17.7 Å². The average molecular weight is 836 g/mol. The Hall–Kier alpha value is -5.00. The highest BCUT2D eigenvalue weighted by atomic mass is 32.2. The molecule has 0 radical (unpaired) electrons. The molecule has 3 amide bonds. The van der Waals surface area contributed by atoms with Crippen molar-refractivity contribution in [2.24, 2.45) is 16.8 Å². The van der Waals surface area contributed by atoms with Crippen molar-refractivity contribution in [1.82, 2.24) is 26.2 Å². The van der Waals surface area contributed by atoms with Gasteiger partial charge in [0.1, 0.15) is 6.04 Å². The van der Waals surface area contributed by atoms with Crippen LogP contribution in [0.4, 0.5) is 0 Å². The van der Waals surface area contributed by atoms with Gasteiger partial charge in [0.25, 0.3) is 0 Å². The average Bonchev–Trinajstić information content (AvgIpc) is 3.25. The molecule has 13 heteroatoms. The molecule has 1 saturated heterocycles. The predicted octanol–water partition coefficient (Wildman–Crippen LogP) is 5.57. The lowest BCUT2D eigenvalue weighted by Crippen LogP contribution is -2.54. The molecule has 1 aliphatic rings. The summed E-state index contributed by atoms with van der Waals surface area (Å²) in [5, 5.41) is 37.0. The number of aliphatic hydroxyl groups is 1. The van der Waals surface area contributed by atoms with Crippen molar-refractivity contribution < 1.29 is 24.2 Å². The number of carbonyl (C=O) groups is 3. The fourth-order valence-electron chi connectivity index (χ4n) is 7.73. The zero-order chi connectivity index (χ0) is 42.7. The van der Waals surface area contributed by atoms with Crippen LogP contribution in [0.1, 0.15) is 57.1 Å². The van der Waals surface area contributed by atoms with Gasteiger partial charge in [-0.05, 0) is 83.4 Å². The van der Waals surface area contributed by atoms with Crippen LogP contribution in [-0.2, 0) is 32.0 Å². The van der Waals surface area contributed by atoms with Gasteiger partial charge in [-0.2, -0.15) is 5.26 Å². The number of fused-ring (bicyclic) bond motifs is 2. The highest BCUT2D eigenvalue weighted by molar-refractivity contribution is 8.13. The second kappa shape index (κ2) is 24.3. The molecule has 0 saturated carbocycles. The van der Waals surface area contributed by atoms with Crippen LogP contribution in [0.5, 0.6) is 0 Å². The van der Waals surface area contributed by atoms with Gasteiger partial charge >= 0.3 is 0 Å². The summed E-state index contributed by atoms with van der Waals surface area (Å²) in [5.41, 5.74) is 2.07.